The first-order valence-electron chi connectivity index (χ1n) is 6.22. The maximum Gasteiger partial charge on any atom is 0.288 e. The molecule has 5 nitrogen and oxygen atoms in total. The Morgan fingerprint density at radius 3 is 2.55 bits per heavy atom. The van der Waals surface area contributed by atoms with Crippen molar-refractivity contribution < 1.29 is 9.72 Å². The lowest BCUT2D eigenvalue weighted by molar-refractivity contribution is -0.384. The van der Waals surface area contributed by atoms with Crippen LogP contribution in [0, 0.1) is 10.1 Å². The second kappa shape index (κ2) is 5.55. The summed E-state index contributed by atoms with van der Waals surface area (Å²) in [5.74, 6) is -0.311. The predicted octanol–water partition coefficient (Wildman–Crippen LogP) is 4.50. The molecule has 0 bridgehead atoms. The van der Waals surface area contributed by atoms with Crippen molar-refractivity contribution in [1.82, 2.24) is 0 Å². The van der Waals surface area contributed by atoms with Crippen molar-refractivity contribution in [3.63, 3.8) is 0 Å². The number of hydrogen-bond donors (Lipinski definition) is 1. The van der Waals surface area contributed by atoms with Crippen LogP contribution in [0.15, 0.2) is 40.9 Å². The Morgan fingerprint density at radius 2 is 1.91 bits per heavy atom. The largest absolute Gasteiger partial charge is 0.321 e. The fourth-order valence-corrected chi connectivity index (χ4v) is 2.71. The van der Waals surface area contributed by atoms with E-state index in [-0.39, 0.29) is 16.6 Å². The van der Waals surface area contributed by atoms with Gasteiger partial charge in [-0.1, -0.05) is 39.7 Å². The lowest BCUT2D eigenvalue weighted by Crippen LogP contribution is -2.03. The van der Waals surface area contributed by atoms with Gasteiger partial charge in [0.15, 0.2) is 0 Å². The van der Waals surface area contributed by atoms with Gasteiger partial charge in [0.25, 0.3) is 11.6 Å². The maximum absolute atomic E-state index is 12.1. The zero-order valence-electron chi connectivity index (χ0n) is 11.0. The number of nitro groups is 1. The van der Waals surface area contributed by atoms with E-state index in [2.05, 4.69) is 21.2 Å². The highest BCUT2D eigenvalue weighted by Gasteiger charge is 2.28. The Labute approximate surface area is 138 Å². The van der Waals surface area contributed by atoms with E-state index in [9.17, 15) is 14.9 Å². The molecule has 0 saturated carbocycles. The molecule has 0 radical (unpaired) electrons. The van der Waals surface area contributed by atoms with E-state index in [1.54, 1.807) is 6.08 Å². The zero-order valence-corrected chi connectivity index (χ0v) is 13.3. The van der Waals surface area contributed by atoms with Gasteiger partial charge in [-0.2, -0.15) is 0 Å². The van der Waals surface area contributed by atoms with Gasteiger partial charge in [0.1, 0.15) is 5.02 Å². The van der Waals surface area contributed by atoms with E-state index < -0.39 is 4.92 Å². The number of carbonyl (C=O) groups is 1. The summed E-state index contributed by atoms with van der Waals surface area (Å²) in [6, 6.07) is 10.1. The van der Waals surface area contributed by atoms with E-state index in [1.165, 1.54) is 12.1 Å². The quantitative estimate of drug-likeness (QED) is 0.474. The number of halogens is 2. The van der Waals surface area contributed by atoms with Crippen LogP contribution in [0.1, 0.15) is 11.1 Å². The fourth-order valence-electron chi connectivity index (χ4n) is 2.21. The molecule has 2 aromatic rings. The molecule has 0 saturated heterocycles. The van der Waals surface area contributed by atoms with Crippen LogP contribution in [0.3, 0.4) is 0 Å². The summed E-state index contributed by atoms with van der Waals surface area (Å²) in [5.41, 5.74) is 1.92. The van der Waals surface area contributed by atoms with Crippen LogP contribution in [0.4, 0.5) is 11.4 Å². The smallest absolute Gasteiger partial charge is 0.288 e. The Hall–Kier alpha value is -2.18. The van der Waals surface area contributed by atoms with Crippen LogP contribution < -0.4 is 5.32 Å². The zero-order chi connectivity index (χ0) is 15.9. The second-order valence-electron chi connectivity index (χ2n) is 4.67. The maximum atomic E-state index is 12.1. The number of benzene rings is 2. The van der Waals surface area contributed by atoms with Crippen LogP contribution in [0.25, 0.3) is 11.6 Å². The average Bonchev–Trinajstić information content (AvgIpc) is 2.75. The summed E-state index contributed by atoms with van der Waals surface area (Å²) in [4.78, 5) is 22.5. The van der Waals surface area contributed by atoms with Crippen LogP contribution >= 0.6 is 27.5 Å². The van der Waals surface area contributed by atoms with Gasteiger partial charge in [-0.05, 0) is 29.8 Å². The molecule has 110 valence electrons. The molecular formula is C15H8BrClN2O3. The summed E-state index contributed by atoms with van der Waals surface area (Å²) in [6.45, 7) is 0. The highest BCUT2D eigenvalue weighted by atomic mass is 79.9. The minimum Gasteiger partial charge on any atom is -0.321 e. The lowest BCUT2D eigenvalue weighted by atomic mass is 10.0. The molecule has 0 fully saturated rings. The molecule has 1 aliphatic rings. The van der Waals surface area contributed by atoms with Gasteiger partial charge in [-0.15, -0.1) is 0 Å². The summed E-state index contributed by atoms with van der Waals surface area (Å²) in [5, 5.41) is 13.7. The first-order valence-corrected chi connectivity index (χ1v) is 7.40. The van der Waals surface area contributed by atoms with E-state index in [0.717, 1.165) is 10.0 Å². The first-order chi connectivity index (χ1) is 10.5. The first kappa shape index (κ1) is 14.7. The van der Waals surface area contributed by atoms with Crippen LogP contribution in [0.2, 0.25) is 5.02 Å². The Kier molecular flexibility index (Phi) is 3.72. The van der Waals surface area contributed by atoms with Crippen molar-refractivity contribution in [2.45, 2.75) is 0 Å². The summed E-state index contributed by atoms with van der Waals surface area (Å²) in [6.07, 6.45) is 1.69. The third kappa shape index (κ3) is 2.63. The van der Waals surface area contributed by atoms with E-state index >= 15 is 0 Å². The summed E-state index contributed by atoms with van der Waals surface area (Å²) >= 11 is 9.20. The third-order valence-electron chi connectivity index (χ3n) is 3.25. The number of carbonyl (C=O) groups excluding carboxylic acids is 1. The Bertz CT molecular complexity index is 831. The normalized spacial score (nSPS) is 14.8. The third-order valence-corrected chi connectivity index (χ3v) is 4.08. The minimum absolute atomic E-state index is 0.00561. The van der Waals surface area contributed by atoms with Crippen molar-refractivity contribution >= 4 is 56.5 Å². The number of nitro benzene ring substituents is 1. The number of nitrogens with one attached hydrogen (secondary N) is 1. The van der Waals surface area contributed by atoms with E-state index in [1.807, 2.05) is 24.3 Å². The number of nitrogens with zero attached hydrogens (tertiary/aromatic N) is 1. The molecule has 0 atom stereocenters. The molecule has 0 unspecified atom stereocenters. The molecule has 0 aromatic heterocycles. The predicted molar refractivity (Wildman–Crippen MR) is 88.7 cm³/mol. The standard InChI is InChI=1S/C15H8BrClN2O3/c16-9-3-1-8(2-4-9)5-11-10-6-14(19(21)22)12(17)7-13(10)18-15(11)20/h1-7H,(H,18,20)/b11-5+. The highest BCUT2D eigenvalue weighted by Crippen LogP contribution is 2.39. The number of anilines is 1. The monoisotopic (exact) mass is 378 g/mol. The van der Waals surface area contributed by atoms with E-state index in [4.69, 9.17) is 11.6 Å². The van der Waals surface area contributed by atoms with Crippen molar-refractivity contribution in [3.05, 3.63) is 67.1 Å². The fraction of sp³-hybridized carbons (Fsp3) is 0. The van der Waals surface area contributed by atoms with Gasteiger partial charge in [-0.3, -0.25) is 14.9 Å². The topological polar surface area (TPSA) is 72.2 Å². The molecule has 1 aliphatic heterocycles. The summed E-state index contributed by atoms with van der Waals surface area (Å²) < 4.78 is 0.924. The highest BCUT2D eigenvalue weighted by molar-refractivity contribution is 9.10. The average molecular weight is 380 g/mol. The van der Waals surface area contributed by atoms with E-state index in [0.29, 0.717) is 16.8 Å². The molecule has 0 spiro atoms. The van der Waals surface area contributed by atoms with Crippen LogP contribution in [-0.4, -0.2) is 10.8 Å². The van der Waals surface area contributed by atoms with Crippen molar-refractivity contribution in [1.29, 1.82) is 0 Å². The molecule has 7 heteroatoms. The molecule has 2 aromatic carbocycles. The van der Waals surface area contributed by atoms with Gasteiger partial charge >= 0.3 is 0 Å². The van der Waals surface area contributed by atoms with Gasteiger partial charge in [-0.25, -0.2) is 0 Å². The molecular weight excluding hydrogens is 372 g/mol. The lowest BCUT2D eigenvalue weighted by Gasteiger charge is -2.01. The molecule has 1 N–H and O–H groups in total. The van der Waals surface area contributed by atoms with Crippen molar-refractivity contribution in [3.8, 4) is 0 Å². The molecule has 22 heavy (non-hydrogen) atoms. The van der Waals surface area contributed by atoms with Gasteiger partial charge in [0, 0.05) is 21.7 Å². The second-order valence-corrected chi connectivity index (χ2v) is 5.99. The molecule has 1 heterocycles. The Balaban J connectivity index is 2.12. The van der Waals surface area contributed by atoms with Gasteiger partial charge in [0.05, 0.1) is 10.6 Å². The SMILES string of the molecule is O=C1Nc2cc(Cl)c([N+](=O)[O-])cc2/C1=C\c1ccc(Br)cc1. The van der Waals surface area contributed by atoms with Gasteiger partial charge < -0.3 is 5.32 Å². The number of amides is 1. The number of rotatable bonds is 2. The van der Waals surface area contributed by atoms with Crippen molar-refractivity contribution in [2.24, 2.45) is 0 Å². The molecule has 0 aliphatic carbocycles. The molecule has 1 amide bonds. The van der Waals surface area contributed by atoms with Crippen LogP contribution in [-0.2, 0) is 4.79 Å². The van der Waals surface area contributed by atoms with Crippen LogP contribution in [0.5, 0.6) is 0 Å². The van der Waals surface area contributed by atoms with Crippen molar-refractivity contribution in [2.75, 3.05) is 5.32 Å². The number of fused-ring (bicyclic) bond motifs is 1. The molecule has 3 rings (SSSR count). The van der Waals surface area contributed by atoms with Gasteiger partial charge in [0.2, 0.25) is 0 Å². The number of hydrogen-bond acceptors (Lipinski definition) is 3. The summed E-state index contributed by atoms with van der Waals surface area (Å²) in [7, 11) is 0. The minimum atomic E-state index is -0.567. The Morgan fingerprint density at radius 1 is 1.23 bits per heavy atom.